The van der Waals surface area contributed by atoms with Crippen LogP contribution in [0, 0.1) is 10.1 Å². The van der Waals surface area contributed by atoms with Crippen LogP contribution in [0.3, 0.4) is 0 Å². The fourth-order valence-corrected chi connectivity index (χ4v) is 1.78. The van der Waals surface area contributed by atoms with E-state index in [2.05, 4.69) is 0 Å². The van der Waals surface area contributed by atoms with Gasteiger partial charge >= 0.3 is 5.97 Å². The first kappa shape index (κ1) is 11.3. The van der Waals surface area contributed by atoms with Crippen LogP contribution in [-0.4, -0.2) is 22.6 Å². The molecule has 0 saturated heterocycles. The molecule has 0 radical (unpaired) electrons. The van der Waals surface area contributed by atoms with Crippen LogP contribution in [0.4, 0.5) is 5.69 Å². The molecule has 1 heterocycles. The van der Waals surface area contributed by atoms with E-state index in [4.69, 9.17) is 15.6 Å². The van der Waals surface area contributed by atoms with Gasteiger partial charge in [0, 0.05) is 30.2 Å². The third-order valence-electron chi connectivity index (χ3n) is 2.62. The maximum atomic E-state index is 11.0. The zero-order valence-corrected chi connectivity index (χ0v) is 8.75. The van der Waals surface area contributed by atoms with Crippen molar-refractivity contribution < 1.29 is 19.6 Å². The summed E-state index contributed by atoms with van der Waals surface area (Å²) >= 11 is 0. The number of aromatic carboxylic acids is 1. The highest BCUT2D eigenvalue weighted by molar-refractivity contribution is 5.92. The summed E-state index contributed by atoms with van der Waals surface area (Å²) in [5.74, 6) is -1.12. The minimum Gasteiger partial charge on any atom is -0.492 e. The zero-order valence-electron chi connectivity index (χ0n) is 8.75. The maximum absolute atomic E-state index is 11.0. The molecular weight excluding hydrogens is 228 g/mol. The summed E-state index contributed by atoms with van der Waals surface area (Å²) in [5, 5.41) is 19.7. The quantitative estimate of drug-likeness (QED) is 0.588. The van der Waals surface area contributed by atoms with Gasteiger partial charge in [-0.2, -0.15) is 0 Å². The van der Waals surface area contributed by atoms with Gasteiger partial charge in [-0.05, 0) is 0 Å². The Morgan fingerprint density at radius 1 is 1.59 bits per heavy atom. The lowest BCUT2D eigenvalue weighted by Gasteiger charge is -2.23. The lowest BCUT2D eigenvalue weighted by molar-refractivity contribution is -0.385. The van der Waals surface area contributed by atoms with E-state index in [9.17, 15) is 14.9 Å². The Morgan fingerprint density at radius 2 is 2.29 bits per heavy atom. The predicted octanol–water partition coefficient (Wildman–Crippen LogP) is 1.08. The molecule has 17 heavy (non-hydrogen) atoms. The average molecular weight is 238 g/mol. The van der Waals surface area contributed by atoms with Crippen molar-refractivity contribution in [2.75, 3.05) is 6.61 Å². The SMILES string of the molecule is N[C@@H]1CCOc2c(C(=O)O)cc([N+](=O)[O-])cc21. The van der Waals surface area contributed by atoms with Crippen LogP contribution in [0.1, 0.15) is 28.4 Å². The van der Waals surface area contributed by atoms with Gasteiger partial charge in [0.2, 0.25) is 0 Å². The summed E-state index contributed by atoms with van der Waals surface area (Å²) < 4.78 is 5.24. The molecule has 0 aliphatic carbocycles. The number of nitrogens with zero attached hydrogens (tertiary/aromatic N) is 1. The van der Waals surface area contributed by atoms with Gasteiger partial charge in [-0.15, -0.1) is 0 Å². The first-order valence-electron chi connectivity index (χ1n) is 4.94. The number of fused-ring (bicyclic) bond motifs is 1. The number of nitro groups is 1. The van der Waals surface area contributed by atoms with Crippen LogP contribution < -0.4 is 10.5 Å². The van der Waals surface area contributed by atoms with Gasteiger partial charge in [0.1, 0.15) is 11.3 Å². The normalized spacial score (nSPS) is 18.1. The smallest absolute Gasteiger partial charge is 0.339 e. The predicted molar refractivity (Wildman–Crippen MR) is 57.1 cm³/mol. The van der Waals surface area contributed by atoms with Crippen LogP contribution in [0.25, 0.3) is 0 Å². The van der Waals surface area contributed by atoms with Crippen LogP contribution >= 0.6 is 0 Å². The molecule has 1 aromatic rings. The number of carboxylic acid groups (broad SMARTS) is 1. The second kappa shape index (κ2) is 4.02. The summed E-state index contributed by atoms with van der Waals surface area (Å²) in [4.78, 5) is 21.1. The fraction of sp³-hybridized carbons (Fsp3) is 0.300. The number of nitro benzene ring substituents is 1. The molecule has 90 valence electrons. The molecule has 1 atom stereocenters. The Balaban J connectivity index is 2.66. The molecule has 1 aromatic carbocycles. The number of carbonyl (C=O) groups is 1. The summed E-state index contributed by atoms with van der Waals surface area (Å²) in [6.07, 6.45) is 0.507. The first-order valence-corrected chi connectivity index (χ1v) is 4.94. The van der Waals surface area contributed by atoms with E-state index in [1.54, 1.807) is 0 Å². The molecule has 0 saturated carbocycles. The molecule has 0 aromatic heterocycles. The zero-order chi connectivity index (χ0) is 12.6. The second-order valence-corrected chi connectivity index (χ2v) is 3.72. The highest BCUT2D eigenvalue weighted by Gasteiger charge is 2.27. The third kappa shape index (κ3) is 1.92. The van der Waals surface area contributed by atoms with Crippen molar-refractivity contribution in [1.29, 1.82) is 0 Å². The molecule has 7 nitrogen and oxygen atoms in total. The number of rotatable bonds is 2. The number of benzene rings is 1. The number of ether oxygens (including phenoxy) is 1. The van der Waals surface area contributed by atoms with Crippen LogP contribution in [-0.2, 0) is 0 Å². The largest absolute Gasteiger partial charge is 0.492 e. The van der Waals surface area contributed by atoms with Crippen molar-refractivity contribution in [2.24, 2.45) is 5.73 Å². The lowest BCUT2D eigenvalue weighted by Crippen LogP contribution is -2.22. The molecule has 0 unspecified atom stereocenters. The van der Waals surface area contributed by atoms with E-state index in [0.717, 1.165) is 6.07 Å². The average Bonchev–Trinajstić information content (AvgIpc) is 2.28. The minimum atomic E-state index is -1.26. The third-order valence-corrected chi connectivity index (χ3v) is 2.62. The van der Waals surface area contributed by atoms with Gasteiger partial charge < -0.3 is 15.6 Å². The molecule has 3 N–H and O–H groups in total. The highest BCUT2D eigenvalue weighted by Crippen LogP contribution is 2.36. The number of non-ortho nitro benzene ring substituents is 1. The molecule has 0 bridgehead atoms. The van der Waals surface area contributed by atoms with Crippen molar-refractivity contribution in [2.45, 2.75) is 12.5 Å². The Bertz CT molecular complexity index is 500. The fourth-order valence-electron chi connectivity index (χ4n) is 1.78. The van der Waals surface area contributed by atoms with E-state index in [1.807, 2.05) is 0 Å². The van der Waals surface area contributed by atoms with E-state index in [-0.39, 0.29) is 17.0 Å². The van der Waals surface area contributed by atoms with E-state index < -0.39 is 16.9 Å². The van der Waals surface area contributed by atoms with Crippen molar-refractivity contribution in [3.63, 3.8) is 0 Å². The summed E-state index contributed by atoms with van der Waals surface area (Å²) in [7, 11) is 0. The highest BCUT2D eigenvalue weighted by atomic mass is 16.6. The van der Waals surface area contributed by atoms with Crippen molar-refractivity contribution in [3.05, 3.63) is 33.4 Å². The number of hydrogen-bond acceptors (Lipinski definition) is 5. The summed E-state index contributed by atoms with van der Waals surface area (Å²) in [6.45, 7) is 0.312. The first-order chi connectivity index (χ1) is 8.00. The van der Waals surface area contributed by atoms with E-state index >= 15 is 0 Å². The molecule has 0 amide bonds. The molecule has 0 fully saturated rings. The number of hydrogen-bond donors (Lipinski definition) is 2. The summed E-state index contributed by atoms with van der Waals surface area (Å²) in [6, 6.07) is 1.82. The molecule has 1 aliphatic heterocycles. The Labute approximate surface area is 95.9 Å². The van der Waals surface area contributed by atoms with E-state index in [0.29, 0.717) is 18.6 Å². The maximum Gasteiger partial charge on any atom is 0.339 e. The Morgan fingerprint density at radius 3 is 2.88 bits per heavy atom. The van der Waals surface area contributed by atoms with Gasteiger partial charge in [-0.1, -0.05) is 0 Å². The molecule has 1 aliphatic rings. The van der Waals surface area contributed by atoms with Crippen molar-refractivity contribution >= 4 is 11.7 Å². The van der Waals surface area contributed by atoms with Gasteiger partial charge in [0.25, 0.3) is 5.69 Å². The van der Waals surface area contributed by atoms with Crippen LogP contribution in [0.2, 0.25) is 0 Å². The molecular formula is C10H10N2O5. The summed E-state index contributed by atoms with van der Waals surface area (Å²) in [5.41, 5.74) is 5.66. The van der Waals surface area contributed by atoms with Gasteiger partial charge in [0.05, 0.1) is 11.5 Å². The van der Waals surface area contributed by atoms with Gasteiger partial charge in [0.15, 0.2) is 0 Å². The van der Waals surface area contributed by atoms with Crippen molar-refractivity contribution in [1.82, 2.24) is 0 Å². The Hall–Kier alpha value is -2.15. The monoisotopic (exact) mass is 238 g/mol. The standard InChI is InChI=1S/C10H10N2O5/c11-8-1-2-17-9-6(8)3-5(12(15)16)4-7(9)10(13)14/h3-4,8H,1-2,11H2,(H,13,14)/t8-/m1/s1. The minimum absolute atomic E-state index is 0.141. The number of carboxylic acids is 1. The van der Waals surface area contributed by atoms with Gasteiger partial charge in [-0.25, -0.2) is 4.79 Å². The topological polar surface area (TPSA) is 116 Å². The lowest BCUT2D eigenvalue weighted by atomic mass is 9.97. The van der Waals surface area contributed by atoms with Crippen LogP contribution in [0.5, 0.6) is 5.75 Å². The Kier molecular flexibility index (Phi) is 2.68. The number of nitrogens with two attached hydrogens (primary N) is 1. The van der Waals surface area contributed by atoms with Crippen molar-refractivity contribution in [3.8, 4) is 5.75 Å². The molecule has 0 spiro atoms. The van der Waals surface area contributed by atoms with Crippen LogP contribution in [0.15, 0.2) is 12.1 Å². The second-order valence-electron chi connectivity index (χ2n) is 3.72. The molecule has 2 rings (SSSR count). The van der Waals surface area contributed by atoms with E-state index in [1.165, 1.54) is 6.07 Å². The van der Waals surface area contributed by atoms with Gasteiger partial charge in [-0.3, -0.25) is 10.1 Å². The molecule has 7 heteroatoms.